The Balaban J connectivity index is 1.44. The van der Waals surface area contributed by atoms with Crippen molar-refractivity contribution >= 4 is 33.9 Å². The van der Waals surface area contributed by atoms with Crippen LogP contribution in [0.4, 0.5) is 11.4 Å². The van der Waals surface area contributed by atoms with Crippen molar-refractivity contribution in [1.82, 2.24) is 19.9 Å². The molecule has 1 saturated heterocycles. The normalized spacial score (nSPS) is 13.9. The Bertz CT molecular complexity index is 1700. The van der Waals surface area contributed by atoms with Gasteiger partial charge in [-0.2, -0.15) is 0 Å². The third-order valence-corrected chi connectivity index (χ3v) is 6.90. The second-order valence-corrected chi connectivity index (χ2v) is 9.42. The molecule has 0 aliphatic carbocycles. The number of imidazole rings is 1. The van der Waals surface area contributed by atoms with Crippen LogP contribution in [0.5, 0.6) is 5.88 Å². The van der Waals surface area contributed by atoms with Crippen molar-refractivity contribution in [3.63, 3.8) is 0 Å². The summed E-state index contributed by atoms with van der Waals surface area (Å²) < 4.78 is 0. The van der Waals surface area contributed by atoms with E-state index in [0.29, 0.717) is 46.4 Å². The first kappa shape index (κ1) is 24.1. The number of nitro groups is 1. The predicted molar refractivity (Wildman–Crippen MR) is 147 cm³/mol. The number of H-pyrrole nitrogens is 2. The van der Waals surface area contributed by atoms with Gasteiger partial charge in [-0.3, -0.25) is 14.9 Å². The molecule has 0 unspecified atom stereocenters. The second kappa shape index (κ2) is 9.90. The van der Waals surface area contributed by atoms with Crippen LogP contribution in [0.25, 0.3) is 22.2 Å². The smallest absolute Gasteiger partial charge is 0.270 e. The largest absolute Gasteiger partial charge is 0.494 e. The van der Waals surface area contributed by atoms with E-state index in [9.17, 15) is 20.0 Å². The summed E-state index contributed by atoms with van der Waals surface area (Å²) in [6.07, 6.45) is 4.80. The lowest BCUT2D eigenvalue weighted by Gasteiger charge is -2.16. The van der Waals surface area contributed by atoms with E-state index in [0.717, 1.165) is 29.8 Å². The van der Waals surface area contributed by atoms with Crippen LogP contribution < -0.4 is 0 Å². The maximum Gasteiger partial charge on any atom is 0.270 e. The van der Waals surface area contributed by atoms with Crippen LogP contribution in [0.2, 0.25) is 0 Å². The first-order valence-corrected chi connectivity index (χ1v) is 12.5. The summed E-state index contributed by atoms with van der Waals surface area (Å²) in [6.45, 7) is 1.29. The Labute approximate surface area is 222 Å². The number of aromatic nitrogens is 3. The average molecular weight is 521 g/mol. The molecule has 194 valence electrons. The van der Waals surface area contributed by atoms with Crippen LogP contribution in [0.3, 0.4) is 0 Å². The highest BCUT2D eigenvalue weighted by Gasteiger charge is 2.22. The number of aromatic amines is 2. The van der Waals surface area contributed by atoms with Crippen LogP contribution in [-0.4, -0.2) is 48.0 Å². The highest BCUT2D eigenvalue weighted by atomic mass is 16.6. The van der Waals surface area contributed by atoms with E-state index in [1.165, 1.54) is 12.1 Å². The summed E-state index contributed by atoms with van der Waals surface area (Å²) >= 11 is 0. The van der Waals surface area contributed by atoms with Crippen molar-refractivity contribution in [2.75, 3.05) is 6.54 Å². The molecule has 1 fully saturated rings. The monoisotopic (exact) mass is 520 g/mol. The maximum absolute atomic E-state index is 12.1. The quantitative estimate of drug-likeness (QED) is 0.148. The number of carbonyl (C=O) groups excluding carboxylic acids is 1. The SMILES string of the molecule is O=C1CCCN1Cc1ccc(C(=Nc2ccc(-c3cnc[nH]3)cc2)c2c(O)[nH]c3ccc([N+](=O)[O-])cc23)cc1. The molecule has 0 atom stereocenters. The van der Waals surface area contributed by atoms with Gasteiger partial charge in [-0.1, -0.05) is 36.4 Å². The average Bonchev–Trinajstić information content (AvgIpc) is 3.69. The lowest BCUT2D eigenvalue weighted by atomic mass is 9.99. The highest BCUT2D eigenvalue weighted by Crippen LogP contribution is 2.34. The topological polar surface area (TPSA) is 141 Å². The first-order chi connectivity index (χ1) is 19.0. The molecule has 0 bridgehead atoms. The Hall–Kier alpha value is -5.25. The van der Waals surface area contributed by atoms with Crippen LogP contribution in [-0.2, 0) is 11.3 Å². The minimum absolute atomic E-state index is 0.0864. The van der Waals surface area contributed by atoms with Crippen LogP contribution in [0.1, 0.15) is 29.5 Å². The van der Waals surface area contributed by atoms with E-state index < -0.39 is 4.92 Å². The van der Waals surface area contributed by atoms with Gasteiger partial charge in [0.05, 0.1) is 40.1 Å². The minimum atomic E-state index is -0.466. The number of aromatic hydroxyl groups is 1. The number of nitro benzene ring substituents is 1. The number of aliphatic imine (C=N–C) groups is 1. The first-order valence-electron chi connectivity index (χ1n) is 12.5. The van der Waals surface area contributed by atoms with Crippen molar-refractivity contribution in [1.29, 1.82) is 0 Å². The molecule has 1 amide bonds. The maximum atomic E-state index is 12.1. The number of fused-ring (bicyclic) bond motifs is 1. The van der Waals surface area contributed by atoms with Crippen molar-refractivity contribution in [3.8, 4) is 17.1 Å². The molecule has 6 rings (SSSR count). The molecule has 2 aromatic heterocycles. The van der Waals surface area contributed by atoms with Crippen molar-refractivity contribution in [2.45, 2.75) is 19.4 Å². The minimum Gasteiger partial charge on any atom is -0.494 e. The summed E-state index contributed by atoms with van der Waals surface area (Å²) in [5, 5.41) is 22.9. The highest BCUT2D eigenvalue weighted by molar-refractivity contribution is 6.22. The van der Waals surface area contributed by atoms with Crippen LogP contribution >= 0.6 is 0 Å². The number of rotatable bonds is 7. The van der Waals surface area contributed by atoms with Gasteiger partial charge >= 0.3 is 0 Å². The van der Waals surface area contributed by atoms with E-state index in [2.05, 4.69) is 15.0 Å². The molecule has 5 aromatic rings. The van der Waals surface area contributed by atoms with E-state index in [4.69, 9.17) is 4.99 Å². The van der Waals surface area contributed by atoms with Gasteiger partial charge in [0.2, 0.25) is 5.91 Å². The number of carbonyl (C=O) groups is 1. The number of amides is 1. The summed E-state index contributed by atoms with van der Waals surface area (Å²) in [5.74, 6) is 0.0234. The number of benzene rings is 3. The Morgan fingerprint density at radius 2 is 1.90 bits per heavy atom. The number of non-ortho nitro benzene ring substituents is 1. The fourth-order valence-electron chi connectivity index (χ4n) is 4.90. The van der Waals surface area contributed by atoms with Gasteiger partial charge in [0, 0.05) is 48.1 Å². The number of nitrogens with one attached hydrogen (secondary N) is 2. The Morgan fingerprint density at radius 3 is 2.56 bits per heavy atom. The van der Waals surface area contributed by atoms with Gasteiger partial charge in [0.25, 0.3) is 5.69 Å². The van der Waals surface area contributed by atoms with Crippen LogP contribution in [0.15, 0.2) is 84.2 Å². The zero-order valence-electron chi connectivity index (χ0n) is 20.8. The molecule has 1 aliphatic heterocycles. The predicted octanol–water partition coefficient (Wildman–Crippen LogP) is 5.46. The molecule has 1 aliphatic rings. The molecule has 0 radical (unpaired) electrons. The number of hydrogen-bond donors (Lipinski definition) is 3. The second-order valence-electron chi connectivity index (χ2n) is 9.42. The van der Waals surface area contributed by atoms with Gasteiger partial charge in [-0.05, 0) is 35.7 Å². The lowest BCUT2D eigenvalue weighted by molar-refractivity contribution is -0.384. The molecule has 10 heteroatoms. The van der Waals surface area contributed by atoms with Gasteiger partial charge in [0.15, 0.2) is 5.88 Å². The van der Waals surface area contributed by atoms with Crippen molar-refractivity contribution < 1.29 is 14.8 Å². The van der Waals surface area contributed by atoms with E-state index >= 15 is 0 Å². The van der Waals surface area contributed by atoms with Gasteiger partial charge < -0.3 is 20.0 Å². The number of nitrogens with zero attached hydrogens (tertiary/aromatic N) is 4. The third-order valence-electron chi connectivity index (χ3n) is 6.90. The molecular weight excluding hydrogens is 496 g/mol. The summed E-state index contributed by atoms with van der Waals surface area (Å²) in [6, 6.07) is 19.6. The summed E-state index contributed by atoms with van der Waals surface area (Å²) in [5.41, 5.74) is 5.45. The summed E-state index contributed by atoms with van der Waals surface area (Å²) in [7, 11) is 0. The van der Waals surface area contributed by atoms with Crippen LogP contribution in [0, 0.1) is 10.1 Å². The Kier molecular flexibility index (Phi) is 6.12. The zero-order valence-corrected chi connectivity index (χ0v) is 20.8. The lowest BCUT2D eigenvalue weighted by Crippen LogP contribution is -2.23. The van der Waals surface area contributed by atoms with Gasteiger partial charge in [-0.15, -0.1) is 0 Å². The molecule has 3 aromatic carbocycles. The molecule has 3 N–H and O–H groups in total. The molecule has 0 spiro atoms. The van der Waals surface area contributed by atoms with Gasteiger partial charge in [-0.25, -0.2) is 9.98 Å². The number of hydrogen-bond acceptors (Lipinski definition) is 6. The van der Waals surface area contributed by atoms with E-state index in [1.807, 2.05) is 53.4 Å². The standard InChI is InChI=1S/C29H24N6O4/c36-26-2-1-13-34(26)16-18-3-5-20(6-4-18)28(32-21-9-7-19(8-10-21)25-15-30-17-31-25)27-23-14-22(35(38)39)11-12-24(23)33-29(27)37/h3-12,14-15,17,33,37H,1-2,13,16H2,(H,30,31). The Morgan fingerprint density at radius 1 is 1.10 bits per heavy atom. The zero-order chi connectivity index (χ0) is 26.9. The fraction of sp³-hybridized carbons (Fsp3) is 0.138. The van der Waals surface area contributed by atoms with E-state index in [-0.39, 0.29) is 17.5 Å². The number of likely N-dealkylation sites (tertiary alicyclic amines) is 1. The molecule has 10 nitrogen and oxygen atoms in total. The molecular formula is C29H24N6O4. The van der Waals surface area contributed by atoms with E-state index in [1.54, 1.807) is 18.6 Å². The summed E-state index contributed by atoms with van der Waals surface area (Å²) in [4.78, 5) is 39.9. The third kappa shape index (κ3) is 4.75. The van der Waals surface area contributed by atoms with Gasteiger partial charge in [0.1, 0.15) is 0 Å². The molecule has 0 saturated carbocycles. The van der Waals surface area contributed by atoms with Crippen molar-refractivity contribution in [3.05, 3.63) is 106 Å². The molecule has 3 heterocycles. The fourth-order valence-corrected chi connectivity index (χ4v) is 4.90. The van der Waals surface area contributed by atoms with Crippen molar-refractivity contribution in [2.24, 2.45) is 4.99 Å². The molecule has 39 heavy (non-hydrogen) atoms.